The normalized spacial score (nSPS) is 12.1. The van der Waals surface area contributed by atoms with Crippen molar-refractivity contribution < 1.29 is 8.42 Å². The molecular formula is C19H40IN7O2S. The van der Waals surface area contributed by atoms with Crippen molar-refractivity contribution in [2.24, 2.45) is 10.9 Å². The summed E-state index contributed by atoms with van der Waals surface area (Å²) in [5, 5.41) is 14.5. The zero-order valence-electron chi connectivity index (χ0n) is 18.9. The number of sulfonamides is 1. The van der Waals surface area contributed by atoms with Gasteiger partial charge in [-0.15, -0.1) is 34.2 Å². The lowest BCUT2D eigenvalue weighted by molar-refractivity contribution is 0.521. The summed E-state index contributed by atoms with van der Waals surface area (Å²) in [6.07, 6.45) is 9.77. The molecule has 0 aliphatic rings. The smallest absolute Gasteiger partial charge is 0.208 e. The van der Waals surface area contributed by atoms with Crippen molar-refractivity contribution in [1.29, 1.82) is 0 Å². The first kappa shape index (κ1) is 29.1. The number of aryl methyl sites for hydroxylation is 1. The standard InChI is InChI=1S/C19H39N7O2S.HI/c1-5-18-25-23-16-26(18)15-14-22-19(21-12-13-24-29(4,27)28)20-11-9-7-6-8-10-17(2)3;/h16-17,24H,5-15H2,1-4H3,(H2,20,21,22);1H. The molecule has 0 atom stereocenters. The molecule has 0 saturated heterocycles. The summed E-state index contributed by atoms with van der Waals surface area (Å²) in [5.74, 6) is 2.43. The summed E-state index contributed by atoms with van der Waals surface area (Å²) in [5.41, 5.74) is 0. The average molecular weight is 558 g/mol. The second kappa shape index (κ2) is 16.7. The molecule has 0 fully saturated rings. The van der Waals surface area contributed by atoms with Crippen molar-refractivity contribution in [2.45, 2.75) is 65.8 Å². The SMILES string of the molecule is CCc1nncn1CCNC(=NCCCCCCC(C)C)NCCNS(C)(=O)=O.I. The van der Waals surface area contributed by atoms with Gasteiger partial charge in [0, 0.05) is 39.1 Å². The summed E-state index contributed by atoms with van der Waals surface area (Å²) in [6.45, 7) is 9.55. The molecule has 0 unspecified atom stereocenters. The lowest BCUT2D eigenvalue weighted by Gasteiger charge is -2.13. The molecule has 0 aromatic carbocycles. The quantitative estimate of drug-likeness (QED) is 0.132. The van der Waals surface area contributed by atoms with Crippen LogP contribution < -0.4 is 15.4 Å². The van der Waals surface area contributed by atoms with Gasteiger partial charge in [-0.3, -0.25) is 4.99 Å². The minimum Gasteiger partial charge on any atom is -0.355 e. The van der Waals surface area contributed by atoms with E-state index in [0.717, 1.165) is 43.9 Å². The zero-order valence-corrected chi connectivity index (χ0v) is 22.0. The van der Waals surface area contributed by atoms with Gasteiger partial charge in [-0.05, 0) is 12.3 Å². The van der Waals surface area contributed by atoms with E-state index >= 15 is 0 Å². The number of rotatable bonds is 15. The third kappa shape index (κ3) is 14.9. The van der Waals surface area contributed by atoms with Gasteiger partial charge in [0.1, 0.15) is 12.2 Å². The fourth-order valence-corrected chi connectivity index (χ4v) is 3.31. The van der Waals surface area contributed by atoms with E-state index in [4.69, 9.17) is 0 Å². The minimum absolute atomic E-state index is 0. The minimum atomic E-state index is -3.18. The highest BCUT2D eigenvalue weighted by atomic mass is 127. The van der Waals surface area contributed by atoms with Gasteiger partial charge in [0.05, 0.1) is 6.26 Å². The van der Waals surface area contributed by atoms with Gasteiger partial charge in [0.2, 0.25) is 10.0 Å². The van der Waals surface area contributed by atoms with E-state index in [-0.39, 0.29) is 24.0 Å². The predicted octanol–water partition coefficient (Wildman–Crippen LogP) is 2.15. The first-order valence-electron chi connectivity index (χ1n) is 10.6. The molecule has 0 aliphatic carbocycles. The van der Waals surface area contributed by atoms with Gasteiger partial charge in [0.15, 0.2) is 5.96 Å². The Morgan fingerprint density at radius 1 is 1.13 bits per heavy atom. The van der Waals surface area contributed by atoms with Crippen LogP contribution in [0.4, 0.5) is 0 Å². The van der Waals surface area contributed by atoms with Crippen molar-refractivity contribution in [3.05, 3.63) is 12.2 Å². The Morgan fingerprint density at radius 3 is 2.50 bits per heavy atom. The van der Waals surface area contributed by atoms with E-state index < -0.39 is 10.0 Å². The maximum Gasteiger partial charge on any atom is 0.208 e. The third-order valence-electron chi connectivity index (χ3n) is 4.40. The molecule has 3 N–H and O–H groups in total. The molecule has 1 rings (SSSR count). The second-order valence-electron chi connectivity index (χ2n) is 7.64. The van der Waals surface area contributed by atoms with Gasteiger partial charge in [-0.2, -0.15) is 0 Å². The average Bonchev–Trinajstić information content (AvgIpc) is 3.10. The fourth-order valence-electron chi connectivity index (χ4n) is 2.83. The van der Waals surface area contributed by atoms with E-state index in [9.17, 15) is 8.42 Å². The first-order valence-corrected chi connectivity index (χ1v) is 12.5. The first-order chi connectivity index (χ1) is 13.8. The maximum atomic E-state index is 11.2. The lowest BCUT2D eigenvalue weighted by atomic mass is 10.0. The Bertz CT molecular complexity index is 693. The summed E-state index contributed by atoms with van der Waals surface area (Å²) >= 11 is 0. The van der Waals surface area contributed by atoms with Gasteiger partial charge in [-0.1, -0.05) is 46.5 Å². The van der Waals surface area contributed by atoms with Crippen LogP contribution in [0.3, 0.4) is 0 Å². The van der Waals surface area contributed by atoms with Crippen LogP contribution in [-0.2, 0) is 23.0 Å². The van der Waals surface area contributed by atoms with Crippen LogP contribution in [0.5, 0.6) is 0 Å². The molecule has 0 bridgehead atoms. The van der Waals surface area contributed by atoms with Crippen LogP contribution in [0, 0.1) is 5.92 Å². The highest BCUT2D eigenvalue weighted by Gasteiger charge is 2.04. The molecule has 0 saturated carbocycles. The van der Waals surface area contributed by atoms with Crippen LogP contribution in [0.15, 0.2) is 11.3 Å². The number of aliphatic imine (C=N–C) groups is 1. The van der Waals surface area contributed by atoms with Gasteiger partial charge < -0.3 is 15.2 Å². The van der Waals surface area contributed by atoms with Crippen LogP contribution in [0.1, 0.15) is 58.7 Å². The van der Waals surface area contributed by atoms with E-state index in [1.807, 2.05) is 4.57 Å². The molecule has 0 radical (unpaired) electrons. The monoisotopic (exact) mass is 557 g/mol. The predicted molar refractivity (Wildman–Crippen MR) is 134 cm³/mol. The topological polar surface area (TPSA) is 113 Å². The molecule has 1 aromatic heterocycles. The van der Waals surface area contributed by atoms with E-state index in [2.05, 4.69) is 51.3 Å². The Labute approximate surface area is 199 Å². The number of halogens is 1. The van der Waals surface area contributed by atoms with E-state index in [1.165, 1.54) is 25.7 Å². The summed E-state index contributed by atoms with van der Waals surface area (Å²) in [7, 11) is -3.18. The molecule has 30 heavy (non-hydrogen) atoms. The summed E-state index contributed by atoms with van der Waals surface area (Å²) < 4.78 is 26.9. The Kier molecular flexibility index (Phi) is 16.2. The van der Waals surface area contributed by atoms with Crippen molar-refractivity contribution >= 4 is 40.0 Å². The molecule has 1 heterocycles. The molecule has 0 amide bonds. The largest absolute Gasteiger partial charge is 0.355 e. The molecule has 11 heteroatoms. The van der Waals surface area contributed by atoms with Crippen LogP contribution in [0.25, 0.3) is 0 Å². The number of aromatic nitrogens is 3. The molecule has 0 aliphatic heterocycles. The number of hydrogen-bond acceptors (Lipinski definition) is 5. The van der Waals surface area contributed by atoms with Gasteiger partial charge >= 0.3 is 0 Å². The Balaban J connectivity index is 0.00000841. The van der Waals surface area contributed by atoms with Gasteiger partial charge in [0.25, 0.3) is 0 Å². The summed E-state index contributed by atoms with van der Waals surface area (Å²) in [4.78, 5) is 4.63. The molecule has 0 spiro atoms. The number of guanidine groups is 1. The lowest BCUT2D eigenvalue weighted by Crippen LogP contribution is -2.42. The van der Waals surface area contributed by atoms with Gasteiger partial charge in [-0.25, -0.2) is 13.1 Å². The van der Waals surface area contributed by atoms with Crippen molar-refractivity contribution in [3.63, 3.8) is 0 Å². The third-order valence-corrected chi connectivity index (χ3v) is 5.13. The van der Waals surface area contributed by atoms with Crippen molar-refractivity contribution in [1.82, 2.24) is 30.1 Å². The van der Waals surface area contributed by atoms with Crippen molar-refractivity contribution in [3.8, 4) is 0 Å². The van der Waals surface area contributed by atoms with Crippen LogP contribution in [0.2, 0.25) is 0 Å². The number of unbranched alkanes of at least 4 members (excludes halogenated alkanes) is 3. The molecule has 1 aromatic rings. The molecular weight excluding hydrogens is 517 g/mol. The number of hydrogen-bond donors (Lipinski definition) is 3. The molecule has 176 valence electrons. The fraction of sp³-hybridized carbons (Fsp3) is 0.842. The van der Waals surface area contributed by atoms with Crippen LogP contribution >= 0.6 is 24.0 Å². The maximum absolute atomic E-state index is 11.2. The van der Waals surface area contributed by atoms with E-state index in [0.29, 0.717) is 25.6 Å². The molecule has 9 nitrogen and oxygen atoms in total. The highest BCUT2D eigenvalue weighted by molar-refractivity contribution is 14.0. The summed E-state index contributed by atoms with van der Waals surface area (Å²) in [6, 6.07) is 0. The highest BCUT2D eigenvalue weighted by Crippen LogP contribution is 2.09. The Hall–Kier alpha value is -0.950. The van der Waals surface area contributed by atoms with E-state index in [1.54, 1.807) is 6.33 Å². The number of nitrogens with zero attached hydrogens (tertiary/aromatic N) is 4. The van der Waals surface area contributed by atoms with Crippen molar-refractivity contribution in [2.75, 3.05) is 32.4 Å². The Morgan fingerprint density at radius 2 is 1.83 bits per heavy atom. The van der Waals surface area contributed by atoms with Crippen LogP contribution in [-0.4, -0.2) is 61.6 Å². The second-order valence-corrected chi connectivity index (χ2v) is 9.47. The number of nitrogens with one attached hydrogen (secondary N) is 3. The zero-order chi connectivity index (χ0) is 21.5.